The van der Waals surface area contributed by atoms with Gasteiger partial charge in [0.2, 0.25) is 0 Å². The predicted octanol–water partition coefficient (Wildman–Crippen LogP) is 3.59. The molecule has 128 valence electrons. The van der Waals surface area contributed by atoms with Gasteiger partial charge in [-0.3, -0.25) is 4.99 Å². The Morgan fingerprint density at radius 3 is 2.73 bits per heavy atom. The third kappa shape index (κ3) is 9.63. The summed E-state index contributed by atoms with van der Waals surface area (Å²) in [6.07, 6.45) is 3.21. The van der Waals surface area contributed by atoms with Crippen molar-refractivity contribution in [2.45, 2.75) is 46.1 Å². The number of aliphatic imine (C=N–C) groups is 1. The second kappa shape index (κ2) is 13.1. The molecule has 6 heteroatoms. The first-order valence-electron chi connectivity index (χ1n) is 7.76. The zero-order valence-corrected chi connectivity index (χ0v) is 17.3. The van der Waals surface area contributed by atoms with E-state index in [9.17, 15) is 0 Å². The van der Waals surface area contributed by atoms with Crippen LogP contribution in [0.15, 0.2) is 17.1 Å². The molecule has 0 fully saturated rings. The number of ether oxygens (including phenoxy) is 1. The number of halogens is 1. The highest BCUT2D eigenvalue weighted by atomic mass is 127. The van der Waals surface area contributed by atoms with E-state index in [1.54, 1.807) is 0 Å². The Kier molecular flexibility index (Phi) is 12.9. The zero-order chi connectivity index (χ0) is 15.5. The maximum Gasteiger partial charge on any atom is 0.191 e. The lowest BCUT2D eigenvalue weighted by molar-refractivity contribution is 0.143. The first-order chi connectivity index (χ1) is 10.2. The first-order valence-corrected chi connectivity index (χ1v) is 8.57. The van der Waals surface area contributed by atoms with Gasteiger partial charge >= 0.3 is 0 Å². The van der Waals surface area contributed by atoms with Crippen molar-refractivity contribution in [2.75, 3.05) is 26.8 Å². The number of hydrogen-bond donors (Lipinski definition) is 2. The molecule has 0 radical (unpaired) electrons. The Hall–Kier alpha value is -0.340. The van der Waals surface area contributed by atoms with Crippen molar-refractivity contribution in [2.24, 2.45) is 4.99 Å². The van der Waals surface area contributed by atoms with Crippen molar-refractivity contribution in [3.05, 3.63) is 21.9 Å². The van der Waals surface area contributed by atoms with E-state index in [0.29, 0.717) is 6.04 Å². The Balaban J connectivity index is 0.00000441. The van der Waals surface area contributed by atoms with E-state index in [0.717, 1.165) is 45.0 Å². The molecule has 1 heterocycles. The molecule has 0 bridgehead atoms. The monoisotopic (exact) mass is 439 g/mol. The number of guanidine groups is 1. The van der Waals surface area contributed by atoms with Crippen molar-refractivity contribution in [3.8, 4) is 0 Å². The minimum Gasteiger partial charge on any atom is -0.382 e. The highest BCUT2D eigenvalue weighted by Crippen LogP contribution is 2.16. The molecule has 0 amide bonds. The summed E-state index contributed by atoms with van der Waals surface area (Å²) in [5.74, 6) is 0.882. The topological polar surface area (TPSA) is 45.6 Å². The lowest BCUT2D eigenvalue weighted by Gasteiger charge is -2.17. The normalized spacial score (nSPS) is 12.6. The van der Waals surface area contributed by atoms with Crippen molar-refractivity contribution < 1.29 is 4.74 Å². The van der Waals surface area contributed by atoms with Gasteiger partial charge in [0.25, 0.3) is 0 Å². The minimum absolute atomic E-state index is 0. The SMILES string of the molecule is CCOCCCCNC(=NC)NC(C)Cc1ccc(C)s1.I. The summed E-state index contributed by atoms with van der Waals surface area (Å²) in [4.78, 5) is 7.06. The van der Waals surface area contributed by atoms with Crippen LogP contribution in [-0.2, 0) is 11.2 Å². The fourth-order valence-electron chi connectivity index (χ4n) is 2.06. The zero-order valence-electron chi connectivity index (χ0n) is 14.1. The molecule has 0 spiro atoms. The largest absolute Gasteiger partial charge is 0.382 e. The fourth-order valence-corrected chi connectivity index (χ4v) is 3.07. The molecule has 0 saturated carbocycles. The van der Waals surface area contributed by atoms with Crippen molar-refractivity contribution in [1.82, 2.24) is 10.6 Å². The maximum absolute atomic E-state index is 5.33. The number of nitrogens with one attached hydrogen (secondary N) is 2. The number of thiophene rings is 1. The molecule has 0 aliphatic carbocycles. The molecular weight excluding hydrogens is 409 g/mol. The van der Waals surface area contributed by atoms with Crippen LogP contribution in [0.4, 0.5) is 0 Å². The molecular formula is C16H30IN3OS. The van der Waals surface area contributed by atoms with Crippen molar-refractivity contribution in [1.29, 1.82) is 0 Å². The molecule has 1 aromatic rings. The van der Waals surface area contributed by atoms with E-state index in [2.05, 4.69) is 41.6 Å². The van der Waals surface area contributed by atoms with Crippen LogP contribution in [0.2, 0.25) is 0 Å². The smallest absolute Gasteiger partial charge is 0.191 e. The van der Waals surface area contributed by atoms with Crippen molar-refractivity contribution in [3.63, 3.8) is 0 Å². The lowest BCUT2D eigenvalue weighted by Crippen LogP contribution is -2.43. The average molecular weight is 439 g/mol. The maximum atomic E-state index is 5.33. The number of rotatable bonds is 9. The Morgan fingerprint density at radius 2 is 2.14 bits per heavy atom. The summed E-state index contributed by atoms with van der Waals surface area (Å²) in [6.45, 7) is 8.94. The number of aryl methyl sites for hydroxylation is 1. The van der Waals surface area contributed by atoms with Crippen molar-refractivity contribution >= 4 is 41.3 Å². The summed E-state index contributed by atoms with van der Waals surface area (Å²) < 4.78 is 5.33. The molecule has 1 atom stereocenters. The number of nitrogens with zero attached hydrogens (tertiary/aromatic N) is 1. The van der Waals surface area contributed by atoms with Gasteiger partial charge in [0.1, 0.15) is 0 Å². The molecule has 0 aromatic carbocycles. The summed E-state index contributed by atoms with van der Waals surface area (Å²) in [5, 5.41) is 6.80. The van der Waals surface area contributed by atoms with E-state index < -0.39 is 0 Å². The predicted molar refractivity (Wildman–Crippen MR) is 108 cm³/mol. The molecule has 1 unspecified atom stereocenters. The molecule has 0 saturated heterocycles. The van der Waals surface area contributed by atoms with Gasteiger partial charge in [0.05, 0.1) is 0 Å². The Bertz CT molecular complexity index is 423. The summed E-state index contributed by atoms with van der Waals surface area (Å²) >= 11 is 1.87. The standard InChI is InChI=1S/C16H29N3OS.HI/c1-5-20-11-7-6-10-18-16(17-4)19-13(2)12-15-9-8-14(3)21-15;/h8-9,13H,5-7,10-12H2,1-4H3,(H2,17,18,19);1H. The van der Waals surface area contributed by atoms with E-state index >= 15 is 0 Å². The molecule has 22 heavy (non-hydrogen) atoms. The highest BCUT2D eigenvalue weighted by molar-refractivity contribution is 14.0. The van der Waals surface area contributed by atoms with Crippen LogP contribution in [0.1, 0.15) is 36.4 Å². The van der Waals surface area contributed by atoms with Crippen LogP contribution in [0, 0.1) is 6.92 Å². The van der Waals surface area contributed by atoms with Crippen LogP contribution < -0.4 is 10.6 Å². The van der Waals surface area contributed by atoms with Gasteiger partial charge < -0.3 is 15.4 Å². The van der Waals surface area contributed by atoms with Gasteiger partial charge in [0.15, 0.2) is 5.96 Å². The second-order valence-electron chi connectivity index (χ2n) is 5.16. The minimum atomic E-state index is 0. The fraction of sp³-hybridized carbons (Fsp3) is 0.688. The van der Waals surface area contributed by atoms with Crippen LogP contribution in [0.25, 0.3) is 0 Å². The average Bonchev–Trinajstić information content (AvgIpc) is 2.86. The van der Waals surface area contributed by atoms with Crippen LogP contribution in [-0.4, -0.2) is 38.8 Å². The second-order valence-corrected chi connectivity index (χ2v) is 6.54. The quantitative estimate of drug-likeness (QED) is 0.268. The number of unbranched alkanes of at least 4 members (excludes halogenated alkanes) is 1. The van der Waals surface area contributed by atoms with Gasteiger partial charge in [-0.1, -0.05) is 0 Å². The third-order valence-electron chi connectivity index (χ3n) is 3.12. The van der Waals surface area contributed by atoms with Crippen LogP contribution in [0.5, 0.6) is 0 Å². The van der Waals surface area contributed by atoms with Gasteiger partial charge in [-0.05, 0) is 45.7 Å². The molecule has 0 aliphatic heterocycles. The molecule has 4 nitrogen and oxygen atoms in total. The molecule has 0 aliphatic rings. The summed E-state index contributed by atoms with van der Waals surface area (Å²) in [7, 11) is 1.82. The number of hydrogen-bond acceptors (Lipinski definition) is 3. The Morgan fingerprint density at radius 1 is 1.36 bits per heavy atom. The van der Waals surface area contributed by atoms with E-state index in [4.69, 9.17) is 4.74 Å². The lowest BCUT2D eigenvalue weighted by atomic mass is 10.2. The summed E-state index contributed by atoms with van der Waals surface area (Å²) in [6, 6.07) is 4.76. The van der Waals surface area contributed by atoms with Gasteiger partial charge in [-0.25, -0.2) is 0 Å². The molecule has 1 aromatic heterocycles. The highest BCUT2D eigenvalue weighted by Gasteiger charge is 2.07. The van der Waals surface area contributed by atoms with E-state index in [1.165, 1.54) is 9.75 Å². The Labute approximate surface area is 156 Å². The van der Waals surface area contributed by atoms with Gasteiger partial charge in [0, 0.05) is 49.0 Å². The van der Waals surface area contributed by atoms with E-state index in [-0.39, 0.29) is 24.0 Å². The summed E-state index contributed by atoms with van der Waals surface area (Å²) in [5.41, 5.74) is 0. The molecule has 1 rings (SSSR count). The first kappa shape index (κ1) is 21.7. The van der Waals surface area contributed by atoms with Crippen LogP contribution >= 0.6 is 35.3 Å². The molecule has 2 N–H and O–H groups in total. The van der Waals surface area contributed by atoms with Gasteiger partial charge in [-0.2, -0.15) is 0 Å². The van der Waals surface area contributed by atoms with Crippen LogP contribution in [0.3, 0.4) is 0 Å². The van der Waals surface area contributed by atoms with E-state index in [1.807, 2.05) is 25.3 Å². The third-order valence-corrected chi connectivity index (χ3v) is 4.15. The van der Waals surface area contributed by atoms with Gasteiger partial charge in [-0.15, -0.1) is 35.3 Å².